The number of benzene rings is 1. The van der Waals surface area contributed by atoms with Crippen LogP contribution < -0.4 is 0 Å². The second kappa shape index (κ2) is 4.24. The highest BCUT2D eigenvalue weighted by atomic mass is 16.3. The van der Waals surface area contributed by atoms with Crippen LogP contribution in [-0.4, -0.2) is 29.7 Å². The van der Waals surface area contributed by atoms with Crippen molar-refractivity contribution in [2.24, 2.45) is 7.05 Å². The van der Waals surface area contributed by atoms with Gasteiger partial charge in [0.2, 0.25) is 0 Å². The van der Waals surface area contributed by atoms with Gasteiger partial charge >= 0.3 is 0 Å². The maximum Gasteiger partial charge on any atom is 0.169 e. The van der Waals surface area contributed by atoms with Gasteiger partial charge in [-0.15, -0.1) is 10.2 Å². The van der Waals surface area contributed by atoms with E-state index in [4.69, 9.17) is 0 Å². The van der Waals surface area contributed by atoms with Crippen LogP contribution in [0.1, 0.15) is 5.69 Å². The molecule has 96 valence electrons. The van der Waals surface area contributed by atoms with E-state index in [2.05, 4.69) is 15.3 Å². The first-order chi connectivity index (χ1) is 9.15. The number of aromatic hydroxyl groups is 1. The van der Waals surface area contributed by atoms with Gasteiger partial charge in [-0.1, -0.05) is 0 Å². The molecule has 0 aliphatic heterocycles. The van der Waals surface area contributed by atoms with Crippen molar-refractivity contribution < 1.29 is 5.11 Å². The number of aryl methyl sites for hydroxylation is 2. The molecule has 0 atom stereocenters. The molecule has 3 rings (SSSR count). The summed E-state index contributed by atoms with van der Waals surface area (Å²) in [5.41, 5.74) is 1.82. The van der Waals surface area contributed by atoms with Crippen molar-refractivity contribution in [1.29, 1.82) is 0 Å². The molecule has 6 heteroatoms. The van der Waals surface area contributed by atoms with Crippen LogP contribution in [0.5, 0.6) is 5.75 Å². The highest BCUT2D eigenvalue weighted by Crippen LogP contribution is 2.22. The van der Waals surface area contributed by atoms with Crippen molar-refractivity contribution in [2.45, 2.75) is 6.92 Å². The lowest BCUT2D eigenvalue weighted by Crippen LogP contribution is -2.03. The summed E-state index contributed by atoms with van der Waals surface area (Å²) in [7, 11) is 1.88. The van der Waals surface area contributed by atoms with Crippen LogP contribution in [0.15, 0.2) is 36.7 Å². The molecule has 0 spiro atoms. The molecule has 0 unspecified atom stereocenters. The van der Waals surface area contributed by atoms with Gasteiger partial charge in [0.05, 0.1) is 5.69 Å². The molecule has 0 radical (unpaired) electrons. The van der Waals surface area contributed by atoms with E-state index >= 15 is 0 Å². The molecular weight excluding hydrogens is 242 g/mol. The van der Waals surface area contributed by atoms with Gasteiger partial charge in [0.1, 0.15) is 17.9 Å². The summed E-state index contributed by atoms with van der Waals surface area (Å²) >= 11 is 0. The third-order valence-electron chi connectivity index (χ3n) is 2.90. The number of rotatable bonds is 2. The maximum absolute atomic E-state index is 9.33. The van der Waals surface area contributed by atoms with Crippen molar-refractivity contribution in [3.63, 3.8) is 0 Å². The zero-order valence-corrected chi connectivity index (χ0v) is 10.6. The molecule has 2 heterocycles. The minimum Gasteiger partial charge on any atom is -0.508 e. The molecule has 1 aromatic carbocycles. The van der Waals surface area contributed by atoms with Crippen LogP contribution in [0.4, 0.5) is 0 Å². The number of aromatic nitrogens is 5. The van der Waals surface area contributed by atoms with Crippen LogP contribution in [0.2, 0.25) is 0 Å². The Morgan fingerprint density at radius 2 is 1.89 bits per heavy atom. The third-order valence-corrected chi connectivity index (χ3v) is 2.90. The minimum atomic E-state index is 0.228. The molecule has 0 bridgehead atoms. The van der Waals surface area contributed by atoms with E-state index in [-0.39, 0.29) is 5.75 Å². The van der Waals surface area contributed by atoms with E-state index in [9.17, 15) is 5.11 Å². The van der Waals surface area contributed by atoms with Gasteiger partial charge < -0.3 is 5.11 Å². The summed E-state index contributed by atoms with van der Waals surface area (Å²) in [6.07, 6.45) is 1.65. The first kappa shape index (κ1) is 11.5. The Hall–Kier alpha value is -2.63. The monoisotopic (exact) mass is 255 g/mol. The van der Waals surface area contributed by atoms with Crippen molar-refractivity contribution in [1.82, 2.24) is 24.5 Å². The summed E-state index contributed by atoms with van der Waals surface area (Å²) in [6.45, 7) is 1.94. The number of hydrogen-bond donors (Lipinski definition) is 1. The Kier molecular flexibility index (Phi) is 2.56. The molecule has 0 fully saturated rings. The van der Waals surface area contributed by atoms with Gasteiger partial charge in [-0.3, -0.25) is 9.25 Å². The minimum absolute atomic E-state index is 0.228. The van der Waals surface area contributed by atoms with E-state index in [1.165, 1.54) is 0 Å². The van der Waals surface area contributed by atoms with Crippen molar-refractivity contribution in [3.05, 3.63) is 42.4 Å². The molecule has 6 nitrogen and oxygen atoms in total. The normalized spacial score (nSPS) is 10.8. The van der Waals surface area contributed by atoms with Crippen molar-refractivity contribution in [2.75, 3.05) is 0 Å². The Bertz CT molecular complexity index is 711. The second-order valence-corrected chi connectivity index (χ2v) is 4.34. The molecule has 1 N–H and O–H groups in total. The predicted octanol–water partition coefficient (Wildman–Crippen LogP) is 1.68. The zero-order chi connectivity index (χ0) is 13.4. The molecular formula is C13H13N5O. The summed E-state index contributed by atoms with van der Waals surface area (Å²) in [6, 6.07) is 8.83. The van der Waals surface area contributed by atoms with Crippen LogP contribution in [-0.2, 0) is 7.05 Å². The summed E-state index contributed by atoms with van der Waals surface area (Å²) < 4.78 is 3.65. The lowest BCUT2D eigenvalue weighted by Gasteiger charge is -2.06. The maximum atomic E-state index is 9.33. The molecule has 0 saturated carbocycles. The average molecular weight is 255 g/mol. The van der Waals surface area contributed by atoms with Gasteiger partial charge in [-0.2, -0.15) is 5.10 Å². The van der Waals surface area contributed by atoms with E-state index in [0.717, 1.165) is 17.1 Å². The fourth-order valence-electron chi connectivity index (χ4n) is 2.03. The quantitative estimate of drug-likeness (QED) is 0.756. The Balaban J connectivity index is 2.13. The molecule has 0 saturated heterocycles. The number of phenols is 1. The van der Waals surface area contributed by atoms with Gasteiger partial charge in [-0.05, 0) is 31.2 Å². The first-order valence-corrected chi connectivity index (χ1v) is 5.85. The van der Waals surface area contributed by atoms with Crippen LogP contribution in [0.25, 0.3) is 17.2 Å². The lowest BCUT2D eigenvalue weighted by molar-refractivity contribution is 0.475. The summed E-state index contributed by atoms with van der Waals surface area (Å²) in [5.74, 6) is 1.83. The fraction of sp³-hybridized carbons (Fsp3) is 0.154. The largest absolute Gasteiger partial charge is 0.508 e. The predicted molar refractivity (Wildman–Crippen MR) is 70.0 cm³/mol. The summed E-state index contributed by atoms with van der Waals surface area (Å²) in [4.78, 5) is 0. The Morgan fingerprint density at radius 3 is 2.53 bits per heavy atom. The molecule has 2 aromatic heterocycles. The van der Waals surface area contributed by atoms with Gasteiger partial charge in [0.25, 0.3) is 0 Å². The van der Waals surface area contributed by atoms with Crippen molar-refractivity contribution in [3.8, 4) is 23.0 Å². The standard InChI is InChI=1S/C13H13N5O/c1-9-7-12(17(2)16-9)18-8-14-15-13(18)10-3-5-11(19)6-4-10/h3-8,19H,1-2H3. The Labute approximate surface area is 110 Å². The Morgan fingerprint density at radius 1 is 1.16 bits per heavy atom. The van der Waals surface area contributed by atoms with E-state index in [1.807, 2.05) is 24.6 Å². The first-order valence-electron chi connectivity index (χ1n) is 5.85. The van der Waals surface area contributed by atoms with Gasteiger partial charge in [0.15, 0.2) is 5.82 Å². The smallest absolute Gasteiger partial charge is 0.169 e. The van der Waals surface area contributed by atoms with Crippen LogP contribution in [0, 0.1) is 6.92 Å². The molecule has 19 heavy (non-hydrogen) atoms. The number of nitrogens with zero attached hydrogens (tertiary/aromatic N) is 5. The zero-order valence-electron chi connectivity index (χ0n) is 10.6. The van der Waals surface area contributed by atoms with Gasteiger partial charge in [0, 0.05) is 18.7 Å². The molecule has 0 amide bonds. The second-order valence-electron chi connectivity index (χ2n) is 4.34. The third kappa shape index (κ3) is 1.97. The van der Waals surface area contributed by atoms with Crippen LogP contribution in [0.3, 0.4) is 0 Å². The van der Waals surface area contributed by atoms with Crippen LogP contribution >= 0.6 is 0 Å². The van der Waals surface area contributed by atoms with Gasteiger partial charge in [-0.25, -0.2) is 0 Å². The number of phenolic OH excluding ortho intramolecular Hbond substituents is 1. The highest BCUT2D eigenvalue weighted by Gasteiger charge is 2.12. The van der Waals surface area contributed by atoms with E-state index in [1.54, 1.807) is 35.3 Å². The molecule has 3 aromatic rings. The topological polar surface area (TPSA) is 68.8 Å². The van der Waals surface area contributed by atoms with E-state index in [0.29, 0.717) is 5.82 Å². The lowest BCUT2D eigenvalue weighted by atomic mass is 10.2. The van der Waals surface area contributed by atoms with Crippen molar-refractivity contribution >= 4 is 0 Å². The number of hydrogen-bond acceptors (Lipinski definition) is 4. The SMILES string of the molecule is Cc1cc(-n2cnnc2-c2ccc(O)cc2)n(C)n1. The molecule has 0 aliphatic carbocycles. The van der Waals surface area contributed by atoms with E-state index < -0.39 is 0 Å². The molecule has 0 aliphatic rings. The average Bonchev–Trinajstić information content (AvgIpc) is 2.96. The summed E-state index contributed by atoms with van der Waals surface area (Å²) in [5, 5.41) is 21.7. The fourth-order valence-corrected chi connectivity index (χ4v) is 2.03. The highest BCUT2D eigenvalue weighted by molar-refractivity contribution is 5.58.